The lowest BCUT2D eigenvalue weighted by molar-refractivity contribution is -0.137. The molecule has 2 aromatic rings. The average molecular weight is 346 g/mol. The topological polar surface area (TPSA) is 32.3 Å². The normalized spacial score (nSPS) is 17.4. The second-order valence-electron chi connectivity index (χ2n) is 6.53. The first kappa shape index (κ1) is 17.1. The number of rotatable bonds is 5. The number of benzene rings is 1. The molecule has 128 valence electrons. The monoisotopic (exact) mass is 346 g/mol. The fourth-order valence-electron chi connectivity index (χ4n) is 3.04. The van der Waals surface area contributed by atoms with E-state index in [1.807, 2.05) is 23.1 Å². The predicted octanol–water partition coefficient (Wildman–Crippen LogP) is 3.90. The van der Waals surface area contributed by atoms with Crippen LogP contribution in [0.25, 0.3) is 10.4 Å². The molecule has 24 heavy (non-hydrogen) atoms. The second-order valence-corrected chi connectivity index (χ2v) is 7.69. The molecule has 0 aliphatic carbocycles. The van der Waals surface area contributed by atoms with Crippen LogP contribution >= 0.6 is 11.3 Å². The van der Waals surface area contributed by atoms with Crippen molar-refractivity contribution in [2.75, 3.05) is 13.1 Å². The predicted molar refractivity (Wildman–Crippen MR) is 96.4 cm³/mol. The van der Waals surface area contributed by atoms with Crippen LogP contribution in [-0.2, 0) is 11.3 Å². The first-order chi connectivity index (χ1) is 11.5. The zero-order chi connectivity index (χ0) is 17.1. The van der Waals surface area contributed by atoms with E-state index < -0.39 is 0 Å². The Morgan fingerprint density at radius 3 is 2.88 bits per heavy atom. The Balaban J connectivity index is 1.75. The minimum absolute atomic E-state index is 0.0926. The van der Waals surface area contributed by atoms with Crippen LogP contribution in [0.2, 0.25) is 0 Å². The number of amides is 1. The lowest BCUT2D eigenvalue weighted by Gasteiger charge is -2.28. The van der Waals surface area contributed by atoms with Crippen LogP contribution in [0, 0.1) is 11.7 Å². The van der Waals surface area contributed by atoms with Crippen LogP contribution in [0.15, 0.2) is 36.4 Å². The molecular formula is C19H23FN2OS. The molecule has 0 bridgehead atoms. The first-order valence-corrected chi connectivity index (χ1v) is 9.22. The maximum Gasteiger partial charge on any atom is 0.227 e. The van der Waals surface area contributed by atoms with Gasteiger partial charge < -0.3 is 10.2 Å². The van der Waals surface area contributed by atoms with Crippen LogP contribution in [0.4, 0.5) is 4.39 Å². The molecular weight excluding hydrogens is 323 g/mol. The van der Waals surface area contributed by atoms with Crippen molar-refractivity contribution in [3.63, 3.8) is 0 Å². The summed E-state index contributed by atoms with van der Waals surface area (Å²) in [6.07, 6.45) is 0.918. The maximum absolute atomic E-state index is 13.4. The zero-order valence-electron chi connectivity index (χ0n) is 14.1. The molecule has 1 saturated heterocycles. The number of hydrogen-bond acceptors (Lipinski definition) is 3. The Morgan fingerprint density at radius 1 is 1.38 bits per heavy atom. The van der Waals surface area contributed by atoms with E-state index in [0.29, 0.717) is 6.54 Å². The summed E-state index contributed by atoms with van der Waals surface area (Å²) < 4.78 is 13.4. The van der Waals surface area contributed by atoms with E-state index in [0.717, 1.165) is 34.8 Å². The van der Waals surface area contributed by atoms with E-state index in [9.17, 15) is 9.18 Å². The summed E-state index contributed by atoms with van der Waals surface area (Å²) in [5.74, 6) is 0.0981. The van der Waals surface area contributed by atoms with Gasteiger partial charge in [0.2, 0.25) is 5.91 Å². The molecule has 0 spiro atoms. The summed E-state index contributed by atoms with van der Waals surface area (Å²) in [5.41, 5.74) is 0.883. The van der Waals surface area contributed by atoms with Gasteiger partial charge in [0.25, 0.3) is 0 Å². The summed E-state index contributed by atoms with van der Waals surface area (Å²) in [4.78, 5) is 16.9. The lowest BCUT2D eigenvalue weighted by atomic mass is 10.1. The number of halogens is 1. The van der Waals surface area contributed by atoms with E-state index in [4.69, 9.17) is 0 Å². The molecule has 1 atom stereocenters. The van der Waals surface area contributed by atoms with E-state index in [2.05, 4.69) is 19.2 Å². The maximum atomic E-state index is 13.4. The molecule has 1 unspecified atom stereocenters. The van der Waals surface area contributed by atoms with Gasteiger partial charge >= 0.3 is 0 Å². The van der Waals surface area contributed by atoms with Crippen molar-refractivity contribution >= 4 is 17.2 Å². The molecule has 1 amide bonds. The number of carbonyl (C=O) groups is 1. The average Bonchev–Trinajstić information content (AvgIpc) is 3.23. The van der Waals surface area contributed by atoms with Crippen LogP contribution < -0.4 is 5.32 Å². The largest absolute Gasteiger partial charge is 0.335 e. The Labute approximate surface area is 146 Å². The van der Waals surface area contributed by atoms with Gasteiger partial charge in [-0.2, -0.15) is 0 Å². The summed E-state index contributed by atoms with van der Waals surface area (Å²) in [5, 5.41) is 3.26. The van der Waals surface area contributed by atoms with E-state index in [1.165, 1.54) is 6.07 Å². The molecule has 1 aliphatic rings. The minimum Gasteiger partial charge on any atom is -0.335 e. The van der Waals surface area contributed by atoms with Crippen molar-refractivity contribution in [3.8, 4) is 10.4 Å². The SMILES string of the molecule is CC(C)N(Cc1ccc(-c2cccc(F)c2)s1)C(=O)C1CCNC1. The third-order valence-corrected chi connectivity index (χ3v) is 5.53. The van der Waals surface area contributed by atoms with Crippen molar-refractivity contribution in [1.29, 1.82) is 0 Å². The summed E-state index contributed by atoms with van der Waals surface area (Å²) >= 11 is 1.62. The highest BCUT2D eigenvalue weighted by molar-refractivity contribution is 7.15. The Kier molecular flexibility index (Phi) is 5.31. The van der Waals surface area contributed by atoms with Gasteiger partial charge in [-0.15, -0.1) is 11.3 Å². The molecule has 0 saturated carbocycles. The molecule has 5 heteroatoms. The molecule has 1 aliphatic heterocycles. The van der Waals surface area contributed by atoms with Gasteiger partial charge in [-0.3, -0.25) is 4.79 Å². The quantitative estimate of drug-likeness (QED) is 0.890. The number of nitrogens with one attached hydrogen (secondary N) is 1. The van der Waals surface area contributed by atoms with Gasteiger partial charge in [-0.1, -0.05) is 12.1 Å². The Hall–Kier alpha value is -1.72. The summed E-state index contributed by atoms with van der Waals surface area (Å²) in [6.45, 7) is 6.43. The number of hydrogen-bond donors (Lipinski definition) is 1. The highest BCUT2D eigenvalue weighted by Gasteiger charge is 2.28. The van der Waals surface area contributed by atoms with Crippen molar-refractivity contribution in [2.24, 2.45) is 5.92 Å². The smallest absolute Gasteiger partial charge is 0.227 e. The zero-order valence-corrected chi connectivity index (χ0v) is 14.9. The highest BCUT2D eigenvalue weighted by atomic mass is 32.1. The number of nitrogens with zero attached hydrogens (tertiary/aromatic N) is 1. The van der Waals surface area contributed by atoms with E-state index >= 15 is 0 Å². The molecule has 2 heterocycles. The summed E-state index contributed by atoms with van der Waals surface area (Å²) in [6, 6.07) is 10.8. The van der Waals surface area contributed by atoms with Gasteiger partial charge in [0.05, 0.1) is 12.5 Å². The molecule has 1 aromatic carbocycles. The third-order valence-electron chi connectivity index (χ3n) is 4.41. The Morgan fingerprint density at radius 2 is 2.21 bits per heavy atom. The van der Waals surface area contributed by atoms with Gasteiger partial charge in [0, 0.05) is 22.3 Å². The first-order valence-electron chi connectivity index (χ1n) is 8.40. The van der Waals surface area contributed by atoms with Gasteiger partial charge in [0.15, 0.2) is 0 Å². The molecule has 1 aromatic heterocycles. The Bertz CT molecular complexity index is 707. The molecule has 3 rings (SSSR count). The van der Waals surface area contributed by atoms with Crippen LogP contribution in [-0.4, -0.2) is 29.9 Å². The lowest BCUT2D eigenvalue weighted by Crippen LogP contribution is -2.40. The number of thiophene rings is 1. The standard InChI is InChI=1S/C19H23FN2OS/c1-13(2)22(19(23)15-8-9-21-11-15)12-17-6-7-18(24-17)14-4-3-5-16(20)10-14/h3-7,10,13,15,21H,8-9,11-12H2,1-2H3. The number of carbonyl (C=O) groups excluding carboxylic acids is 1. The van der Waals surface area contributed by atoms with Crippen LogP contribution in [0.1, 0.15) is 25.1 Å². The van der Waals surface area contributed by atoms with E-state index in [-0.39, 0.29) is 23.7 Å². The fraction of sp³-hybridized carbons (Fsp3) is 0.421. The van der Waals surface area contributed by atoms with E-state index in [1.54, 1.807) is 23.5 Å². The van der Waals surface area contributed by atoms with Crippen LogP contribution in [0.3, 0.4) is 0 Å². The van der Waals surface area contributed by atoms with Crippen molar-refractivity contribution < 1.29 is 9.18 Å². The summed E-state index contributed by atoms with van der Waals surface area (Å²) in [7, 11) is 0. The molecule has 1 N–H and O–H groups in total. The van der Waals surface area contributed by atoms with Crippen molar-refractivity contribution in [2.45, 2.75) is 32.9 Å². The molecule has 0 radical (unpaired) electrons. The minimum atomic E-state index is -0.227. The van der Waals surface area contributed by atoms with Gasteiger partial charge in [-0.05, 0) is 56.6 Å². The van der Waals surface area contributed by atoms with Gasteiger partial charge in [0.1, 0.15) is 5.82 Å². The van der Waals surface area contributed by atoms with Gasteiger partial charge in [-0.25, -0.2) is 4.39 Å². The molecule has 3 nitrogen and oxygen atoms in total. The third kappa shape index (κ3) is 3.84. The fourth-order valence-corrected chi connectivity index (χ4v) is 4.05. The highest BCUT2D eigenvalue weighted by Crippen LogP contribution is 2.30. The second kappa shape index (κ2) is 7.45. The van der Waals surface area contributed by atoms with Crippen molar-refractivity contribution in [3.05, 3.63) is 47.1 Å². The van der Waals surface area contributed by atoms with Crippen molar-refractivity contribution in [1.82, 2.24) is 10.2 Å². The van der Waals surface area contributed by atoms with Crippen LogP contribution in [0.5, 0.6) is 0 Å². The molecule has 1 fully saturated rings.